The van der Waals surface area contributed by atoms with Gasteiger partial charge in [-0.05, 0) is 30.3 Å². The average molecular weight is 364 g/mol. The Labute approximate surface area is 149 Å². The van der Waals surface area contributed by atoms with Gasteiger partial charge in [0.15, 0.2) is 0 Å². The van der Waals surface area contributed by atoms with E-state index in [0.717, 1.165) is 5.69 Å². The van der Waals surface area contributed by atoms with Gasteiger partial charge in [-0.25, -0.2) is 0 Å². The van der Waals surface area contributed by atoms with Gasteiger partial charge in [-0.3, -0.25) is 14.6 Å². The summed E-state index contributed by atoms with van der Waals surface area (Å²) in [5.41, 5.74) is 2.50. The first kappa shape index (κ1) is 16.5. The zero-order valence-electron chi connectivity index (χ0n) is 13.1. The van der Waals surface area contributed by atoms with Crippen molar-refractivity contribution in [2.24, 2.45) is 7.05 Å². The molecule has 0 aliphatic heterocycles. The summed E-state index contributed by atoms with van der Waals surface area (Å²) in [4.78, 5) is 14.1. The second kappa shape index (κ2) is 6.67. The van der Waals surface area contributed by atoms with Crippen molar-refractivity contribution in [3.63, 3.8) is 0 Å². The van der Waals surface area contributed by atoms with Crippen LogP contribution in [0.25, 0.3) is 11.3 Å². The second-order valence-electron chi connectivity index (χ2n) is 5.43. The third kappa shape index (κ3) is 3.44. The number of nitrogens with zero attached hydrogens (tertiary/aromatic N) is 4. The fourth-order valence-corrected chi connectivity index (χ4v) is 2.84. The Morgan fingerprint density at radius 1 is 1.29 bits per heavy atom. The molecule has 0 fully saturated rings. The SMILES string of the molecule is CN(Cc1ccn(C)n1)C(=O)c1cc(-c2ccc(Cl)cc2Cl)n[nH]1. The summed E-state index contributed by atoms with van der Waals surface area (Å²) in [7, 11) is 3.55. The van der Waals surface area contributed by atoms with Crippen LogP contribution in [0.3, 0.4) is 0 Å². The molecule has 0 atom stereocenters. The van der Waals surface area contributed by atoms with E-state index >= 15 is 0 Å². The molecule has 1 amide bonds. The number of carbonyl (C=O) groups excluding carboxylic acids is 1. The standard InChI is InChI=1S/C16H15Cl2N5O/c1-22(9-11-5-6-23(2)21-11)16(24)15-8-14(19-20-15)12-4-3-10(17)7-13(12)18/h3-8H,9H2,1-2H3,(H,19,20). The first-order valence-corrected chi connectivity index (χ1v) is 7.94. The minimum absolute atomic E-state index is 0.176. The van der Waals surface area contributed by atoms with Gasteiger partial charge in [0.1, 0.15) is 5.69 Å². The maximum absolute atomic E-state index is 12.5. The van der Waals surface area contributed by atoms with Crippen molar-refractivity contribution in [1.82, 2.24) is 24.9 Å². The molecular formula is C16H15Cl2N5O. The molecule has 0 saturated carbocycles. The maximum Gasteiger partial charge on any atom is 0.271 e. The lowest BCUT2D eigenvalue weighted by Gasteiger charge is -2.14. The van der Waals surface area contributed by atoms with E-state index in [1.54, 1.807) is 40.9 Å². The second-order valence-corrected chi connectivity index (χ2v) is 6.28. The Morgan fingerprint density at radius 2 is 2.08 bits per heavy atom. The molecule has 24 heavy (non-hydrogen) atoms. The average Bonchev–Trinajstić information content (AvgIpc) is 3.16. The summed E-state index contributed by atoms with van der Waals surface area (Å²) in [6, 6.07) is 8.68. The Bertz CT molecular complexity index is 886. The van der Waals surface area contributed by atoms with E-state index in [2.05, 4.69) is 15.3 Å². The van der Waals surface area contributed by atoms with Gasteiger partial charge in [-0.15, -0.1) is 0 Å². The van der Waals surface area contributed by atoms with Crippen LogP contribution in [0.2, 0.25) is 10.0 Å². The third-order valence-corrected chi connectivity index (χ3v) is 4.08. The number of amides is 1. The summed E-state index contributed by atoms with van der Waals surface area (Å²) < 4.78 is 1.70. The molecule has 2 heterocycles. The molecule has 0 unspecified atom stereocenters. The highest BCUT2D eigenvalue weighted by atomic mass is 35.5. The number of nitrogens with one attached hydrogen (secondary N) is 1. The van der Waals surface area contributed by atoms with Gasteiger partial charge in [0.25, 0.3) is 5.91 Å². The highest BCUT2D eigenvalue weighted by Crippen LogP contribution is 2.29. The van der Waals surface area contributed by atoms with Gasteiger partial charge in [0, 0.05) is 30.9 Å². The monoisotopic (exact) mass is 363 g/mol. The lowest BCUT2D eigenvalue weighted by Crippen LogP contribution is -2.26. The number of hydrogen-bond donors (Lipinski definition) is 1. The van der Waals surface area contributed by atoms with Crippen LogP contribution in [0.1, 0.15) is 16.2 Å². The minimum Gasteiger partial charge on any atom is -0.334 e. The van der Waals surface area contributed by atoms with Crippen LogP contribution in [0.4, 0.5) is 0 Å². The van der Waals surface area contributed by atoms with Crippen LogP contribution in [0.15, 0.2) is 36.5 Å². The third-order valence-electron chi connectivity index (χ3n) is 3.53. The number of benzene rings is 1. The molecule has 0 saturated heterocycles. The van der Waals surface area contributed by atoms with Gasteiger partial charge < -0.3 is 4.90 Å². The molecule has 3 aromatic rings. The molecule has 1 aromatic carbocycles. The first-order valence-electron chi connectivity index (χ1n) is 7.19. The predicted octanol–water partition coefficient (Wildman–Crippen LogP) is 3.39. The maximum atomic E-state index is 12.5. The molecule has 2 aromatic heterocycles. The Balaban J connectivity index is 1.78. The van der Waals surface area contributed by atoms with Gasteiger partial charge in [0.05, 0.1) is 23.0 Å². The van der Waals surface area contributed by atoms with Gasteiger partial charge in [0.2, 0.25) is 0 Å². The van der Waals surface area contributed by atoms with Crippen molar-refractivity contribution in [3.05, 3.63) is 58.0 Å². The van der Waals surface area contributed by atoms with Crippen LogP contribution in [0.5, 0.6) is 0 Å². The summed E-state index contributed by atoms with van der Waals surface area (Å²) >= 11 is 12.1. The molecule has 124 valence electrons. The molecule has 0 aliphatic rings. The first-order chi connectivity index (χ1) is 11.4. The van der Waals surface area contributed by atoms with Gasteiger partial charge in [-0.2, -0.15) is 10.2 Å². The minimum atomic E-state index is -0.176. The summed E-state index contributed by atoms with van der Waals surface area (Å²) in [5, 5.41) is 12.2. The zero-order valence-corrected chi connectivity index (χ0v) is 14.6. The molecular weight excluding hydrogens is 349 g/mol. The fourth-order valence-electron chi connectivity index (χ4n) is 2.33. The summed E-state index contributed by atoms with van der Waals surface area (Å²) in [5.74, 6) is -0.176. The lowest BCUT2D eigenvalue weighted by molar-refractivity contribution is 0.0777. The number of aromatic nitrogens is 4. The Morgan fingerprint density at radius 3 is 2.75 bits per heavy atom. The zero-order chi connectivity index (χ0) is 17.3. The van der Waals surface area contributed by atoms with E-state index < -0.39 is 0 Å². The number of rotatable bonds is 4. The van der Waals surface area contributed by atoms with Crippen molar-refractivity contribution in [3.8, 4) is 11.3 Å². The number of carbonyl (C=O) groups is 1. The number of aromatic amines is 1. The number of hydrogen-bond acceptors (Lipinski definition) is 3. The van der Waals surface area contributed by atoms with E-state index in [9.17, 15) is 4.79 Å². The topological polar surface area (TPSA) is 66.8 Å². The van der Waals surface area contributed by atoms with Gasteiger partial charge in [-0.1, -0.05) is 23.2 Å². The Hall–Kier alpha value is -2.31. The highest BCUT2D eigenvalue weighted by Gasteiger charge is 2.17. The van der Waals surface area contributed by atoms with E-state index in [1.165, 1.54) is 0 Å². The van der Waals surface area contributed by atoms with Crippen LogP contribution in [-0.4, -0.2) is 37.8 Å². The van der Waals surface area contributed by atoms with E-state index in [0.29, 0.717) is 33.5 Å². The van der Waals surface area contributed by atoms with Crippen molar-refractivity contribution >= 4 is 29.1 Å². The lowest BCUT2D eigenvalue weighted by atomic mass is 10.1. The molecule has 8 heteroatoms. The molecule has 0 spiro atoms. The molecule has 1 N–H and O–H groups in total. The van der Waals surface area contributed by atoms with Crippen molar-refractivity contribution in [2.45, 2.75) is 6.54 Å². The summed E-state index contributed by atoms with van der Waals surface area (Å²) in [6.07, 6.45) is 1.84. The predicted molar refractivity (Wildman–Crippen MR) is 93.0 cm³/mol. The number of halogens is 2. The van der Waals surface area contributed by atoms with Crippen LogP contribution in [-0.2, 0) is 13.6 Å². The quantitative estimate of drug-likeness (QED) is 0.772. The van der Waals surface area contributed by atoms with Crippen molar-refractivity contribution < 1.29 is 4.79 Å². The van der Waals surface area contributed by atoms with Crippen LogP contribution < -0.4 is 0 Å². The smallest absolute Gasteiger partial charge is 0.271 e. The van der Waals surface area contributed by atoms with Crippen molar-refractivity contribution in [1.29, 1.82) is 0 Å². The van der Waals surface area contributed by atoms with Crippen LogP contribution in [0, 0.1) is 0 Å². The Kier molecular flexibility index (Phi) is 4.59. The van der Waals surface area contributed by atoms with E-state index in [1.807, 2.05) is 19.3 Å². The van der Waals surface area contributed by atoms with Crippen LogP contribution >= 0.6 is 23.2 Å². The van der Waals surface area contributed by atoms with Crippen molar-refractivity contribution in [2.75, 3.05) is 7.05 Å². The molecule has 6 nitrogen and oxygen atoms in total. The largest absolute Gasteiger partial charge is 0.334 e. The van der Waals surface area contributed by atoms with E-state index in [4.69, 9.17) is 23.2 Å². The fraction of sp³-hybridized carbons (Fsp3) is 0.188. The highest BCUT2D eigenvalue weighted by molar-refractivity contribution is 6.36. The molecule has 0 aliphatic carbocycles. The summed E-state index contributed by atoms with van der Waals surface area (Å²) in [6.45, 7) is 0.412. The van der Waals surface area contributed by atoms with E-state index in [-0.39, 0.29) is 5.91 Å². The molecule has 3 rings (SSSR count). The number of H-pyrrole nitrogens is 1. The van der Waals surface area contributed by atoms with Gasteiger partial charge >= 0.3 is 0 Å². The normalized spacial score (nSPS) is 10.8. The molecule has 0 radical (unpaired) electrons. The number of aryl methyl sites for hydroxylation is 1. The molecule has 0 bridgehead atoms.